The number of halogens is 1. The number of amides is 1. The second-order valence-electron chi connectivity index (χ2n) is 4.28. The van der Waals surface area contributed by atoms with Gasteiger partial charge in [0.1, 0.15) is 5.75 Å². The van der Waals surface area contributed by atoms with Crippen LogP contribution in [-0.2, 0) is 4.74 Å². The molecule has 1 atom stereocenters. The molecule has 1 amide bonds. The summed E-state index contributed by atoms with van der Waals surface area (Å²) in [6.45, 7) is 3.81. The molecular weight excluding hydrogens is 298 g/mol. The second kappa shape index (κ2) is 5.71. The summed E-state index contributed by atoms with van der Waals surface area (Å²) in [5.41, 5.74) is 0.592. The molecule has 1 saturated heterocycles. The first-order valence-electron chi connectivity index (χ1n) is 5.86. The van der Waals surface area contributed by atoms with Gasteiger partial charge in [0.2, 0.25) is 0 Å². The highest BCUT2D eigenvalue weighted by Gasteiger charge is 2.24. The number of hydrogen-bond donors (Lipinski definition) is 0. The van der Waals surface area contributed by atoms with E-state index in [4.69, 9.17) is 9.47 Å². The summed E-state index contributed by atoms with van der Waals surface area (Å²) in [7, 11) is 1.57. The average molecular weight is 314 g/mol. The summed E-state index contributed by atoms with van der Waals surface area (Å²) >= 11 is 3.37. The number of carbonyl (C=O) groups is 1. The minimum absolute atomic E-state index is 0.00509. The molecular formula is C13H16BrNO3. The maximum atomic E-state index is 12.4. The topological polar surface area (TPSA) is 38.8 Å². The predicted molar refractivity (Wildman–Crippen MR) is 72.0 cm³/mol. The number of methoxy groups -OCH3 is 1. The molecule has 1 aliphatic heterocycles. The van der Waals surface area contributed by atoms with Gasteiger partial charge < -0.3 is 14.4 Å². The molecule has 0 aromatic heterocycles. The molecule has 1 aromatic rings. The van der Waals surface area contributed by atoms with Crippen molar-refractivity contribution < 1.29 is 14.3 Å². The van der Waals surface area contributed by atoms with Crippen LogP contribution in [0.4, 0.5) is 0 Å². The van der Waals surface area contributed by atoms with E-state index in [0.717, 1.165) is 4.47 Å². The highest BCUT2D eigenvalue weighted by Crippen LogP contribution is 2.25. The van der Waals surface area contributed by atoms with Crippen molar-refractivity contribution in [3.8, 4) is 5.75 Å². The smallest absolute Gasteiger partial charge is 0.257 e. The van der Waals surface area contributed by atoms with Crippen LogP contribution in [0.3, 0.4) is 0 Å². The minimum atomic E-state index is -0.00509. The number of hydrogen-bond acceptors (Lipinski definition) is 3. The van der Waals surface area contributed by atoms with Gasteiger partial charge in [0.25, 0.3) is 5.91 Å². The highest BCUT2D eigenvalue weighted by atomic mass is 79.9. The molecule has 98 valence electrons. The number of nitrogens with zero attached hydrogens (tertiary/aromatic N) is 1. The van der Waals surface area contributed by atoms with E-state index in [2.05, 4.69) is 15.9 Å². The standard InChI is InChI=1S/C13H16BrNO3/c1-9-8-15(5-6-18-9)13(16)11-4-3-10(14)7-12(11)17-2/h3-4,7,9H,5-6,8H2,1-2H3/t9-/m1/s1. The number of benzene rings is 1. The van der Waals surface area contributed by atoms with E-state index in [-0.39, 0.29) is 12.0 Å². The molecule has 2 rings (SSSR count). The minimum Gasteiger partial charge on any atom is -0.496 e. The predicted octanol–water partition coefficient (Wildman–Crippen LogP) is 2.32. The van der Waals surface area contributed by atoms with Gasteiger partial charge in [-0.2, -0.15) is 0 Å². The number of ether oxygens (including phenoxy) is 2. The van der Waals surface area contributed by atoms with Crippen molar-refractivity contribution in [3.05, 3.63) is 28.2 Å². The Bertz CT molecular complexity index is 450. The van der Waals surface area contributed by atoms with Gasteiger partial charge in [-0.1, -0.05) is 15.9 Å². The largest absolute Gasteiger partial charge is 0.496 e. The van der Waals surface area contributed by atoms with Crippen LogP contribution in [0.5, 0.6) is 5.75 Å². The van der Waals surface area contributed by atoms with E-state index >= 15 is 0 Å². The van der Waals surface area contributed by atoms with Gasteiger partial charge in [0, 0.05) is 17.6 Å². The van der Waals surface area contributed by atoms with E-state index in [9.17, 15) is 4.79 Å². The van der Waals surface area contributed by atoms with Crippen LogP contribution >= 0.6 is 15.9 Å². The zero-order valence-electron chi connectivity index (χ0n) is 10.5. The van der Waals surface area contributed by atoms with Crippen LogP contribution in [0, 0.1) is 0 Å². The number of morpholine rings is 1. The lowest BCUT2D eigenvalue weighted by atomic mass is 10.1. The van der Waals surface area contributed by atoms with Gasteiger partial charge in [-0.05, 0) is 25.1 Å². The molecule has 1 heterocycles. The van der Waals surface area contributed by atoms with Gasteiger partial charge in [-0.3, -0.25) is 4.79 Å². The van der Waals surface area contributed by atoms with Gasteiger partial charge in [-0.15, -0.1) is 0 Å². The van der Waals surface area contributed by atoms with Gasteiger partial charge in [-0.25, -0.2) is 0 Å². The normalized spacial score (nSPS) is 19.7. The molecule has 0 unspecified atom stereocenters. The maximum Gasteiger partial charge on any atom is 0.257 e. The molecule has 1 aliphatic rings. The van der Waals surface area contributed by atoms with E-state index in [1.165, 1.54) is 0 Å². The molecule has 0 N–H and O–H groups in total. The monoisotopic (exact) mass is 313 g/mol. The van der Waals surface area contributed by atoms with Crippen molar-refractivity contribution in [2.24, 2.45) is 0 Å². The van der Waals surface area contributed by atoms with Crippen molar-refractivity contribution in [1.82, 2.24) is 4.90 Å². The van der Waals surface area contributed by atoms with Crippen molar-refractivity contribution in [2.75, 3.05) is 26.8 Å². The van der Waals surface area contributed by atoms with Gasteiger partial charge in [0.15, 0.2) is 0 Å². The Morgan fingerprint density at radius 2 is 2.33 bits per heavy atom. The molecule has 1 fully saturated rings. The van der Waals surface area contributed by atoms with E-state index in [1.54, 1.807) is 24.1 Å². The summed E-state index contributed by atoms with van der Waals surface area (Å²) in [5, 5.41) is 0. The fourth-order valence-corrected chi connectivity index (χ4v) is 2.36. The lowest BCUT2D eigenvalue weighted by Gasteiger charge is -2.31. The molecule has 18 heavy (non-hydrogen) atoms. The maximum absolute atomic E-state index is 12.4. The SMILES string of the molecule is COc1cc(Br)ccc1C(=O)N1CCO[C@H](C)C1. The summed E-state index contributed by atoms with van der Waals surface area (Å²) < 4.78 is 11.6. The number of rotatable bonds is 2. The lowest BCUT2D eigenvalue weighted by molar-refractivity contribution is -0.0125. The average Bonchev–Trinajstić information content (AvgIpc) is 2.37. The molecule has 0 saturated carbocycles. The van der Waals surface area contributed by atoms with Crippen molar-refractivity contribution in [1.29, 1.82) is 0 Å². The Labute approximate surface area is 115 Å². The summed E-state index contributed by atoms with van der Waals surface area (Å²) in [5.74, 6) is 0.586. The van der Waals surface area contributed by atoms with Crippen LogP contribution < -0.4 is 4.74 Å². The first kappa shape index (κ1) is 13.4. The molecule has 0 spiro atoms. The van der Waals surface area contributed by atoms with Crippen LogP contribution in [-0.4, -0.2) is 43.7 Å². The zero-order chi connectivity index (χ0) is 13.1. The lowest BCUT2D eigenvalue weighted by Crippen LogP contribution is -2.44. The van der Waals surface area contributed by atoms with Crippen LogP contribution in [0.25, 0.3) is 0 Å². The third-order valence-corrected chi connectivity index (χ3v) is 3.42. The van der Waals surface area contributed by atoms with E-state index < -0.39 is 0 Å². The van der Waals surface area contributed by atoms with Crippen LogP contribution in [0.15, 0.2) is 22.7 Å². The summed E-state index contributed by atoms with van der Waals surface area (Å²) in [4.78, 5) is 14.2. The van der Waals surface area contributed by atoms with Crippen LogP contribution in [0.2, 0.25) is 0 Å². The van der Waals surface area contributed by atoms with Gasteiger partial charge >= 0.3 is 0 Å². The Balaban J connectivity index is 2.22. The quantitative estimate of drug-likeness (QED) is 0.841. The first-order valence-corrected chi connectivity index (χ1v) is 6.65. The third-order valence-electron chi connectivity index (χ3n) is 2.92. The number of carbonyl (C=O) groups excluding carboxylic acids is 1. The van der Waals surface area contributed by atoms with Crippen molar-refractivity contribution in [3.63, 3.8) is 0 Å². The molecule has 0 radical (unpaired) electrons. The van der Waals surface area contributed by atoms with E-state index in [0.29, 0.717) is 31.0 Å². The summed E-state index contributed by atoms with van der Waals surface area (Å²) in [6, 6.07) is 5.43. The van der Waals surface area contributed by atoms with E-state index in [1.807, 2.05) is 13.0 Å². The Hall–Kier alpha value is -1.07. The molecule has 1 aromatic carbocycles. The molecule has 0 aliphatic carbocycles. The zero-order valence-corrected chi connectivity index (χ0v) is 12.1. The Morgan fingerprint density at radius 1 is 1.56 bits per heavy atom. The van der Waals surface area contributed by atoms with Gasteiger partial charge in [0.05, 0.1) is 25.4 Å². The molecule has 4 nitrogen and oxygen atoms in total. The molecule has 0 bridgehead atoms. The highest BCUT2D eigenvalue weighted by molar-refractivity contribution is 9.10. The fraction of sp³-hybridized carbons (Fsp3) is 0.462. The Morgan fingerprint density at radius 3 is 3.00 bits per heavy atom. The first-order chi connectivity index (χ1) is 8.61. The summed E-state index contributed by atoms with van der Waals surface area (Å²) in [6.07, 6.45) is 0.0872. The second-order valence-corrected chi connectivity index (χ2v) is 5.19. The Kier molecular flexibility index (Phi) is 4.24. The molecule has 5 heteroatoms. The third kappa shape index (κ3) is 2.84. The van der Waals surface area contributed by atoms with Crippen molar-refractivity contribution in [2.45, 2.75) is 13.0 Å². The fourth-order valence-electron chi connectivity index (χ4n) is 2.01. The van der Waals surface area contributed by atoms with Crippen LogP contribution in [0.1, 0.15) is 17.3 Å². The van der Waals surface area contributed by atoms with Crippen molar-refractivity contribution >= 4 is 21.8 Å².